The van der Waals surface area contributed by atoms with Crippen molar-refractivity contribution in [3.63, 3.8) is 0 Å². The number of unbranched alkanes of at least 4 members (excludes halogenated alkanes) is 20. The smallest absolute Gasteiger partial charge is 0.305 e. The van der Waals surface area contributed by atoms with Crippen LogP contribution in [0.4, 0.5) is 0 Å². The van der Waals surface area contributed by atoms with Gasteiger partial charge in [0.25, 0.3) is 7.82 Å². The number of quaternary nitrogens is 1. The van der Waals surface area contributed by atoms with Crippen molar-refractivity contribution in [3.8, 4) is 0 Å². The number of hydrogen-bond acceptors (Lipinski definition) is 7. The molecule has 0 aliphatic carbocycles. The van der Waals surface area contributed by atoms with Crippen LogP contribution < -0.4 is 4.89 Å². The molecule has 1 N–H and O–H groups in total. The number of phosphoric acid groups is 1. The lowest BCUT2D eigenvalue weighted by Gasteiger charge is -2.27. The molecule has 0 radical (unpaired) electrons. The Balaban J connectivity index is 3.41. The zero-order chi connectivity index (χ0) is 34.9. The van der Waals surface area contributed by atoms with Gasteiger partial charge in [0.1, 0.15) is 25.9 Å². The van der Waals surface area contributed by atoms with Gasteiger partial charge in [-0.2, -0.15) is 0 Å². The fourth-order valence-electron chi connectivity index (χ4n) is 5.15. The van der Waals surface area contributed by atoms with Gasteiger partial charge in [0.2, 0.25) is 0 Å². The van der Waals surface area contributed by atoms with Crippen LogP contribution >= 0.6 is 7.82 Å². The first-order chi connectivity index (χ1) is 22.6. The molecule has 0 aromatic heterocycles. The Morgan fingerprint density at radius 1 is 0.681 bits per heavy atom. The van der Waals surface area contributed by atoms with Gasteiger partial charge in [-0.25, -0.2) is 0 Å². The Morgan fingerprint density at radius 2 is 1.13 bits per heavy atom. The van der Waals surface area contributed by atoms with E-state index >= 15 is 0 Å². The lowest BCUT2D eigenvalue weighted by atomic mass is 10.0. The van der Waals surface area contributed by atoms with Crippen LogP contribution in [0.1, 0.15) is 161 Å². The molecule has 0 rings (SSSR count). The van der Waals surface area contributed by atoms with Crippen LogP contribution in [0.15, 0.2) is 24.3 Å². The van der Waals surface area contributed by atoms with E-state index in [-0.39, 0.29) is 19.2 Å². The molecule has 2 atom stereocenters. The van der Waals surface area contributed by atoms with E-state index in [0.29, 0.717) is 17.4 Å². The van der Waals surface area contributed by atoms with E-state index in [0.717, 1.165) is 25.7 Å². The number of phosphoric ester groups is 1. The molecule has 0 aliphatic heterocycles. The third kappa shape index (κ3) is 37.6. The third-order valence-corrected chi connectivity index (χ3v) is 9.17. The number of carbonyl (C=O) groups excluding carboxylic acids is 1. The van der Waals surface area contributed by atoms with E-state index in [1.165, 1.54) is 122 Å². The first kappa shape index (κ1) is 46.0. The zero-order valence-electron chi connectivity index (χ0n) is 31.0. The molecule has 0 bridgehead atoms. The lowest BCUT2D eigenvalue weighted by molar-refractivity contribution is -0.870. The fraction of sp³-hybridized carbons (Fsp3) is 0.868. The molecule has 0 aromatic carbocycles. The first-order valence-corrected chi connectivity index (χ1v) is 20.6. The molecule has 0 saturated carbocycles. The van der Waals surface area contributed by atoms with Gasteiger partial charge in [0.05, 0.1) is 27.7 Å². The number of esters is 1. The Bertz CT molecular complexity index is 812. The van der Waals surface area contributed by atoms with Crippen molar-refractivity contribution in [2.24, 2.45) is 0 Å². The van der Waals surface area contributed by atoms with Crippen molar-refractivity contribution in [1.29, 1.82) is 0 Å². The van der Waals surface area contributed by atoms with Crippen LogP contribution in [-0.2, 0) is 23.1 Å². The molecule has 2 unspecified atom stereocenters. The van der Waals surface area contributed by atoms with Gasteiger partial charge in [-0.05, 0) is 38.5 Å². The lowest BCUT2D eigenvalue weighted by Crippen LogP contribution is -2.37. The van der Waals surface area contributed by atoms with Crippen molar-refractivity contribution in [2.75, 3.05) is 47.5 Å². The topological polar surface area (TPSA) is 105 Å². The Hall–Kier alpha value is -1.02. The van der Waals surface area contributed by atoms with Crippen molar-refractivity contribution < 1.29 is 37.6 Å². The normalized spacial score (nSPS) is 14.3. The molecule has 0 heterocycles. The Morgan fingerprint density at radius 3 is 1.60 bits per heavy atom. The maximum atomic E-state index is 11.9. The number of aliphatic hydroxyl groups excluding tert-OH is 1. The zero-order valence-corrected chi connectivity index (χ0v) is 31.9. The maximum absolute atomic E-state index is 11.9. The third-order valence-electron chi connectivity index (χ3n) is 8.20. The second kappa shape index (κ2) is 32.2. The van der Waals surface area contributed by atoms with Crippen LogP contribution in [0.25, 0.3) is 0 Å². The number of carbonyl (C=O) groups is 1. The molecular weight excluding hydrogens is 613 g/mol. The molecule has 8 nitrogen and oxygen atoms in total. The molecule has 0 saturated heterocycles. The molecular formula is C38H74NO7P. The minimum absolute atomic E-state index is 0.00735. The number of hydrogen-bond donors (Lipinski definition) is 1. The second-order valence-corrected chi connectivity index (χ2v) is 15.6. The fourth-order valence-corrected chi connectivity index (χ4v) is 5.89. The highest BCUT2D eigenvalue weighted by Gasteiger charge is 2.16. The Kier molecular flexibility index (Phi) is 31.5. The van der Waals surface area contributed by atoms with Crippen LogP contribution in [-0.4, -0.2) is 69.2 Å². The van der Waals surface area contributed by atoms with Crippen molar-refractivity contribution in [2.45, 2.75) is 167 Å². The standard InChI is InChI=1S/C38H74NO7P/c1-5-6-7-8-9-10-11-12-13-14-15-16-17-18-19-20-21-22-23-24-25-26-27-28-29-30-31-32-38(41)44-35-37(40)36-46-47(42,43)45-34-33-39(2,3)4/h11-12,14-15,37,40H,5-10,13,16-36H2,1-4H3/b12-11-,15-14-. The summed E-state index contributed by atoms with van der Waals surface area (Å²) in [4.78, 5) is 23.7. The van der Waals surface area contributed by atoms with Gasteiger partial charge in [-0.15, -0.1) is 0 Å². The minimum atomic E-state index is -4.50. The molecule has 0 fully saturated rings. The maximum Gasteiger partial charge on any atom is 0.305 e. The van der Waals surface area contributed by atoms with E-state index in [2.05, 4.69) is 35.8 Å². The predicted molar refractivity (Wildman–Crippen MR) is 194 cm³/mol. The van der Waals surface area contributed by atoms with Gasteiger partial charge >= 0.3 is 5.97 Å². The van der Waals surface area contributed by atoms with Crippen molar-refractivity contribution >= 4 is 13.8 Å². The summed E-state index contributed by atoms with van der Waals surface area (Å²) in [7, 11) is 1.25. The van der Waals surface area contributed by atoms with Crippen molar-refractivity contribution in [1.82, 2.24) is 0 Å². The molecule has 0 amide bonds. The van der Waals surface area contributed by atoms with Crippen LogP contribution in [0.2, 0.25) is 0 Å². The number of ether oxygens (including phenoxy) is 1. The molecule has 0 aliphatic rings. The highest BCUT2D eigenvalue weighted by atomic mass is 31.2. The van der Waals surface area contributed by atoms with Gasteiger partial charge < -0.3 is 28.3 Å². The highest BCUT2D eigenvalue weighted by Crippen LogP contribution is 2.38. The summed E-state index contributed by atoms with van der Waals surface area (Å²) in [6.45, 7) is 1.95. The number of likely N-dealkylation sites (N-methyl/N-ethyl adjacent to an activating group) is 1. The number of allylic oxidation sites excluding steroid dienone is 4. The van der Waals surface area contributed by atoms with Gasteiger partial charge in [0.15, 0.2) is 0 Å². The number of aliphatic hydroxyl groups is 1. The van der Waals surface area contributed by atoms with Crippen LogP contribution in [0.3, 0.4) is 0 Å². The molecule has 47 heavy (non-hydrogen) atoms. The summed E-state index contributed by atoms with van der Waals surface area (Å²) >= 11 is 0. The molecule has 0 aromatic rings. The van der Waals surface area contributed by atoms with Crippen LogP contribution in [0, 0.1) is 0 Å². The summed E-state index contributed by atoms with van der Waals surface area (Å²) in [5.41, 5.74) is 0. The predicted octanol–water partition coefficient (Wildman–Crippen LogP) is 9.59. The summed E-state index contributed by atoms with van der Waals surface area (Å²) in [6, 6.07) is 0. The van der Waals surface area contributed by atoms with E-state index < -0.39 is 20.5 Å². The second-order valence-electron chi connectivity index (χ2n) is 14.2. The summed E-state index contributed by atoms with van der Waals surface area (Å²) in [5.74, 6) is -0.386. The van der Waals surface area contributed by atoms with Gasteiger partial charge in [-0.1, -0.05) is 140 Å². The SMILES string of the molecule is CCCCCCC/C=C\C/C=C\CCCCCCCCCCCCCCCCCC(=O)OCC(O)COP(=O)([O-])OCC[N+](C)(C)C. The van der Waals surface area contributed by atoms with E-state index in [9.17, 15) is 19.4 Å². The number of nitrogens with zero attached hydrogens (tertiary/aromatic N) is 1. The first-order valence-electron chi connectivity index (χ1n) is 19.1. The van der Waals surface area contributed by atoms with Crippen molar-refractivity contribution in [3.05, 3.63) is 24.3 Å². The van der Waals surface area contributed by atoms with E-state index in [4.69, 9.17) is 9.26 Å². The number of rotatable bonds is 35. The molecule has 278 valence electrons. The summed E-state index contributed by atoms with van der Waals surface area (Å²) in [5, 5.41) is 9.87. The van der Waals surface area contributed by atoms with E-state index in [1.807, 2.05) is 21.1 Å². The highest BCUT2D eigenvalue weighted by molar-refractivity contribution is 7.45. The summed E-state index contributed by atoms with van der Waals surface area (Å²) < 4.78 is 26.8. The van der Waals surface area contributed by atoms with Crippen LogP contribution in [0.5, 0.6) is 0 Å². The monoisotopic (exact) mass is 688 g/mol. The van der Waals surface area contributed by atoms with E-state index in [1.54, 1.807) is 0 Å². The average Bonchev–Trinajstić information content (AvgIpc) is 3.01. The molecule has 0 spiro atoms. The summed E-state index contributed by atoms with van der Waals surface area (Å²) in [6.07, 6.45) is 37.6. The largest absolute Gasteiger partial charge is 0.756 e. The molecule has 9 heteroatoms. The Labute approximate surface area is 289 Å². The quantitative estimate of drug-likeness (QED) is 0.0233. The van der Waals surface area contributed by atoms with Gasteiger partial charge in [0, 0.05) is 6.42 Å². The minimum Gasteiger partial charge on any atom is -0.756 e. The van der Waals surface area contributed by atoms with Gasteiger partial charge in [-0.3, -0.25) is 9.36 Å². The average molecular weight is 688 g/mol.